The van der Waals surface area contributed by atoms with Gasteiger partial charge in [0.15, 0.2) is 0 Å². The molecule has 16 heavy (non-hydrogen) atoms. The molecule has 0 radical (unpaired) electrons. The van der Waals surface area contributed by atoms with Gasteiger partial charge in [0.2, 0.25) is 0 Å². The third kappa shape index (κ3) is 2.10. The van der Waals surface area contributed by atoms with Gasteiger partial charge in [0.05, 0.1) is 21.7 Å². The average molecular weight is 243 g/mol. The summed E-state index contributed by atoms with van der Waals surface area (Å²) in [5.74, 6) is 0. The van der Waals surface area contributed by atoms with Crippen LogP contribution in [0, 0.1) is 10.1 Å². The van der Waals surface area contributed by atoms with E-state index in [2.05, 4.69) is 0 Å². The Morgan fingerprint density at radius 3 is 2.81 bits per heavy atom. The van der Waals surface area contributed by atoms with Gasteiger partial charge in [0.25, 0.3) is 5.69 Å². The molecule has 0 aliphatic carbocycles. The van der Waals surface area contributed by atoms with E-state index in [0.29, 0.717) is 18.0 Å². The maximum absolute atomic E-state index is 10.5. The van der Waals surface area contributed by atoms with E-state index in [-0.39, 0.29) is 11.8 Å². The predicted octanol–water partition coefficient (Wildman–Crippen LogP) is 1.82. The number of nitro groups is 1. The Hall–Kier alpha value is -1.33. The Balaban J connectivity index is 2.26. The third-order valence-corrected chi connectivity index (χ3v) is 2.95. The molecule has 1 aromatic rings. The fourth-order valence-electron chi connectivity index (χ4n) is 1.83. The molecule has 1 unspecified atom stereocenters. The fraction of sp³-hybridized carbons (Fsp3) is 0.400. The van der Waals surface area contributed by atoms with Crippen molar-refractivity contribution in [1.82, 2.24) is 0 Å². The highest BCUT2D eigenvalue weighted by Gasteiger charge is 2.22. The SMILES string of the molecule is O=[N+]([O-])c1ccc(N2CCC(O)C2)c(Cl)c1. The lowest BCUT2D eigenvalue weighted by atomic mass is 10.2. The smallest absolute Gasteiger partial charge is 0.271 e. The van der Waals surface area contributed by atoms with Gasteiger partial charge in [0, 0.05) is 25.2 Å². The van der Waals surface area contributed by atoms with Crippen LogP contribution in [0.2, 0.25) is 5.02 Å². The Morgan fingerprint density at radius 1 is 1.56 bits per heavy atom. The van der Waals surface area contributed by atoms with Crippen LogP contribution in [-0.4, -0.2) is 29.2 Å². The zero-order valence-electron chi connectivity index (χ0n) is 8.47. The number of anilines is 1. The number of nitro benzene ring substituents is 1. The van der Waals surface area contributed by atoms with Crippen molar-refractivity contribution in [3.05, 3.63) is 33.3 Å². The molecule has 1 aliphatic rings. The largest absolute Gasteiger partial charge is 0.391 e. The number of hydrogen-bond acceptors (Lipinski definition) is 4. The maximum Gasteiger partial charge on any atom is 0.271 e. The van der Waals surface area contributed by atoms with Crippen LogP contribution in [0.5, 0.6) is 0 Å². The number of halogens is 1. The number of aliphatic hydroxyl groups is 1. The molecular formula is C10H11ClN2O3. The van der Waals surface area contributed by atoms with Crippen molar-refractivity contribution in [2.24, 2.45) is 0 Å². The molecule has 1 heterocycles. The summed E-state index contributed by atoms with van der Waals surface area (Å²) in [5, 5.41) is 20.3. The first kappa shape index (κ1) is 11.2. The van der Waals surface area contributed by atoms with E-state index in [1.165, 1.54) is 12.1 Å². The predicted molar refractivity (Wildman–Crippen MR) is 60.9 cm³/mol. The molecule has 0 spiro atoms. The molecular weight excluding hydrogens is 232 g/mol. The zero-order valence-corrected chi connectivity index (χ0v) is 9.22. The van der Waals surface area contributed by atoms with Gasteiger partial charge in [-0.1, -0.05) is 11.6 Å². The Kier molecular flexibility index (Phi) is 2.98. The molecule has 0 aromatic heterocycles. The molecule has 1 aromatic carbocycles. The van der Waals surface area contributed by atoms with E-state index in [0.717, 1.165) is 12.2 Å². The van der Waals surface area contributed by atoms with E-state index in [9.17, 15) is 15.2 Å². The van der Waals surface area contributed by atoms with Crippen LogP contribution < -0.4 is 4.90 Å². The summed E-state index contributed by atoms with van der Waals surface area (Å²) in [5.41, 5.74) is 0.720. The molecule has 6 heteroatoms. The van der Waals surface area contributed by atoms with Gasteiger partial charge in [-0.25, -0.2) is 0 Å². The number of aliphatic hydroxyl groups excluding tert-OH is 1. The molecule has 1 aliphatic heterocycles. The number of rotatable bonds is 2. The van der Waals surface area contributed by atoms with Crippen molar-refractivity contribution in [3.63, 3.8) is 0 Å². The molecule has 86 valence electrons. The highest BCUT2D eigenvalue weighted by atomic mass is 35.5. The lowest BCUT2D eigenvalue weighted by Crippen LogP contribution is -2.21. The summed E-state index contributed by atoms with van der Waals surface area (Å²) in [6, 6.07) is 4.38. The molecule has 0 amide bonds. The van der Waals surface area contributed by atoms with E-state index in [1.807, 2.05) is 4.90 Å². The number of non-ortho nitro benzene ring substituents is 1. The van der Waals surface area contributed by atoms with Crippen LogP contribution in [-0.2, 0) is 0 Å². The first-order valence-corrected chi connectivity index (χ1v) is 5.32. The van der Waals surface area contributed by atoms with Crippen LogP contribution in [0.1, 0.15) is 6.42 Å². The second kappa shape index (κ2) is 4.27. The summed E-state index contributed by atoms with van der Waals surface area (Å²) in [6.45, 7) is 1.25. The van der Waals surface area contributed by atoms with Gasteiger partial charge in [-0.2, -0.15) is 0 Å². The van der Waals surface area contributed by atoms with Crippen LogP contribution in [0.4, 0.5) is 11.4 Å². The standard InChI is InChI=1S/C10H11ClN2O3/c11-9-5-7(13(15)16)1-2-10(9)12-4-3-8(14)6-12/h1-2,5,8,14H,3-4,6H2. The van der Waals surface area contributed by atoms with Gasteiger partial charge in [-0.3, -0.25) is 10.1 Å². The number of benzene rings is 1. The summed E-state index contributed by atoms with van der Waals surface area (Å²) in [7, 11) is 0. The normalized spacial score (nSPS) is 20.1. The molecule has 1 atom stereocenters. The summed E-state index contributed by atoms with van der Waals surface area (Å²) in [4.78, 5) is 12.0. The van der Waals surface area contributed by atoms with Gasteiger partial charge >= 0.3 is 0 Å². The highest BCUT2D eigenvalue weighted by Crippen LogP contribution is 2.31. The van der Waals surface area contributed by atoms with Crippen LogP contribution in [0.15, 0.2) is 18.2 Å². The van der Waals surface area contributed by atoms with E-state index >= 15 is 0 Å². The Labute approximate surface area is 97.4 Å². The molecule has 0 saturated carbocycles. The van der Waals surface area contributed by atoms with Crippen molar-refractivity contribution in [1.29, 1.82) is 0 Å². The van der Waals surface area contributed by atoms with Crippen molar-refractivity contribution in [2.75, 3.05) is 18.0 Å². The summed E-state index contributed by atoms with van der Waals surface area (Å²) < 4.78 is 0. The minimum atomic E-state index is -0.478. The number of hydrogen-bond donors (Lipinski definition) is 1. The van der Waals surface area contributed by atoms with Crippen LogP contribution >= 0.6 is 11.6 Å². The first-order chi connectivity index (χ1) is 7.58. The van der Waals surface area contributed by atoms with Crippen LogP contribution in [0.25, 0.3) is 0 Å². The van der Waals surface area contributed by atoms with Crippen molar-refractivity contribution >= 4 is 23.0 Å². The highest BCUT2D eigenvalue weighted by molar-refractivity contribution is 6.33. The maximum atomic E-state index is 10.5. The topological polar surface area (TPSA) is 66.6 Å². The molecule has 1 N–H and O–H groups in total. The van der Waals surface area contributed by atoms with Gasteiger partial charge in [-0.05, 0) is 12.5 Å². The monoisotopic (exact) mass is 242 g/mol. The minimum Gasteiger partial charge on any atom is -0.391 e. The van der Waals surface area contributed by atoms with Gasteiger partial charge in [0.1, 0.15) is 0 Å². The van der Waals surface area contributed by atoms with Gasteiger partial charge in [-0.15, -0.1) is 0 Å². The lowest BCUT2D eigenvalue weighted by Gasteiger charge is -2.18. The lowest BCUT2D eigenvalue weighted by molar-refractivity contribution is -0.384. The average Bonchev–Trinajstić information content (AvgIpc) is 2.64. The zero-order chi connectivity index (χ0) is 11.7. The summed E-state index contributed by atoms with van der Waals surface area (Å²) in [6.07, 6.45) is 0.360. The molecule has 2 rings (SSSR count). The van der Waals surface area contributed by atoms with Crippen molar-refractivity contribution in [2.45, 2.75) is 12.5 Å². The molecule has 1 fully saturated rings. The van der Waals surface area contributed by atoms with Gasteiger partial charge < -0.3 is 10.0 Å². The first-order valence-electron chi connectivity index (χ1n) is 4.95. The van der Waals surface area contributed by atoms with E-state index in [4.69, 9.17) is 11.6 Å². The molecule has 0 bridgehead atoms. The van der Waals surface area contributed by atoms with E-state index < -0.39 is 4.92 Å². The van der Waals surface area contributed by atoms with Crippen LogP contribution in [0.3, 0.4) is 0 Å². The molecule has 1 saturated heterocycles. The Morgan fingerprint density at radius 2 is 2.31 bits per heavy atom. The van der Waals surface area contributed by atoms with E-state index in [1.54, 1.807) is 6.07 Å². The second-order valence-electron chi connectivity index (χ2n) is 3.78. The number of β-amino-alcohol motifs (C(OH)–C–C–N with tert-alkyl or cyclic N) is 1. The number of nitrogens with zero attached hydrogens (tertiary/aromatic N) is 2. The summed E-state index contributed by atoms with van der Waals surface area (Å²) >= 11 is 5.97. The quantitative estimate of drug-likeness (QED) is 0.635. The van der Waals surface area contributed by atoms with Crippen molar-refractivity contribution < 1.29 is 10.0 Å². The third-order valence-electron chi connectivity index (χ3n) is 2.65. The Bertz CT molecular complexity index is 425. The second-order valence-corrected chi connectivity index (χ2v) is 4.19. The minimum absolute atomic E-state index is 0.0199. The van der Waals surface area contributed by atoms with Crippen molar-refractivity contribution in [3.8, 4) is 0 Å². The molecule has 5 nitrogen and oxygen atoms in total. The fourth-order valence-corrected chi connectivity index (χ4v) is 2.12.